The number of benzene rings is 1. The SMILES string of the molecule is CN=C(NCCN1CCOCC1)NCc1cc(C#N)ccc1F. The zero-order chi connectivity index (χ0) is 16.5. The zero-order valence-corrected chi connectivity index (χ0v) is 13.3. The number of morpholine rings is 1. The van der Waals surface area contributed by atoms with Crippen LogP contribution in [0.3, 0.4) is 0 Å². The summed E-state index contributed by atoms with van der Waals surface area (Å²) >= 11 is 0. The fourth-order valence-electron chi connectivity index (χ4n) is 2.34. The molecule has 124 valence electrons. The number of rotatable bonds is 5. The Morgan fingerprint density at radius 2 is 2.17 bits per heavy atom. The summed E-state index contributed by atoms with van der Waals surface area (Å²) in [6.45, 7) is 5.38. The molecule has 1 fully saturated rings. The van der Waals surface area contributed by atoms with Crippen molar-refractivity contribution in [1.82, 2.24) is 15.5 Å². The van der Waals surface area contributed by atoms with Crippen LogP contribution in [0.1, 0.15) is 11.1 Å². The topological polar surface area (TPSA) is 72.7 Å². The lowest BCUT2D eigenvalue weighted by Crippen LogP contribution is -2.44. The molecule has 1 aromatic carbocycles. The van der Waals surface area contributed by atoms with Crippen LogP contribution in [0.15, 0.2) is 23.2 Å². The van der Waals surface area contributed by atoms with E-state index in [0.29, 0.717) is 17.1 Å². The molecule has 0 radical (unpaired) electrons. The molecule has 1 aliphatic heterocycles. The van der Waals surface area contributed by atoms with Gasteiger partial charge in [-0.05, 0) is 18.2 Å². The second kappa shape index (κ2) is 9.08. The Morgan fingerprint density at radius 3 is 2.87 bits per heavy atom. The van der Waals surface area contributed by atoms with Gasteiger partial charge in [0.1, 0.15) is 5.82 Å². The standard InChI is InChI=1S/C16H22FN5O/c1-19-16(20-4-5-22-6-8-23-9-7-22)21-12-14-10-13(11-18)2-3-15(14)17/h2-3,10H,4-9,12H2,1H3,(H2,19,20,21). The summed E-state index contributed by atoms with van der Waals surface area (Å²) in [5, 5.41) is 15.1. The number of aliphatic imine (C=N–C) groups is 1. The molecule has 2 rings (SSSR count). The number of halogens is 1. The largest absolute Gasteiger partial charge is 0.379 e. The van der Waals surface area contributed by atoms with Crippen LogP contribution >= 0.6 is 0 Å². The van der Waals surface area contributed by atoms with Crippen LogP contribution in [0.5, 0.6) is 0 Å². The first-order valence-electron chi connectivity index (χ1n) is 7.66. The van der Waals surface area contributed by atoms with Crippen molar-refractivity contribution in [3.63, 3.8) is 0 Å². The molecule has 0 unspecified atom stereocenters. The van der Waals surface area contributed by atoms with E-state index in [1.165, 1.54) is 12.1 Å². The van der Waals surface area contributed by atoms with Crippen molar-refractivity contribution in [3.05, 3.63) is 35.1 Å². The number of hydrogen-bond donors (Lipinski definition) is 2. The third-order valence-electron chi connectivity index (χ3n) is 3.67. The molecule has 0 aromatic heterocycles. The molecule has 1 aromatic rings. The van der Waals surface area contributed by atoms with Crippen LogP contribution in [0.25, 0.3) is 0 Å². The fraction of sp³-hybridized carbons (Fsp3) is 0.500. The molecule has 0 atom stereocenters. The van der Waals surface area contributed by atoms with E-state index < -0.39 is 0 Å². The van der Waals surface area contributed by atoms with Crippen molar-refractivity contribution < 1.29 is 9.13 Å². The van der Waals surface area contributed by atoms with Crippen molar-refractivity contribution in [1.29, 1.82) is 5.26 Å². The van der Waals surface area contributed by atoms with E-state index in [0.717, 1.165) is 39.4 Å². The van der Waals surface area contributed by atoms with E-state index in [-0.39, 0.29) is 12.4 Å². The molecular formula is C16H22FN5O. The molecule has 0 spiro atoms. The minimum atomic E-state index is -0.333. The van der Waals surface area contributed by atoms with Crippen LogP contribution in [-0.4, -0.2) is 57.3 Å². The van der Waals surface area contributed by atoms with Gasteiger partial charge >= 0.3 is 0 Å². The highest BCUT2D eigenvalue weighted by molar-refractivity contribution is 5.79. The van der Waals surface area contributed by atoms with Gasteiger partial charge < -0.3 is 15.4 Å². The average molecular weight is 319 g/mol. The third kappa shape index (κ3) is 5.51. The lowest BCUT2D eigenvalue weighted by atomic mass is 10.1. The molecule has 0 aliphatic carbocycles. The van der Waals surface area contributed by atoms with Crippen molar-refractivity contribution in [2.45, 2.75) is 6.54 Å². The molecule has 1 heterocycles. The normalized spacial score (nSPS) is 16.0. The Kier molecular flexibility index (Phi) is 6.78. The maximum atomic E-state index is 13.7. The first-order chi connectivity index (χ1) is 11.2. The Morgan fingerprint density at radius 1 is 1.39 bits per heavy atom. The van der Waals surface area contributed by atoms with Gasteiger partial charge in [0.15, 0.2) is 5.96 Å². The minimum absolute atomic E-state index is 0.276. The smallest absolute Gasteiger partial charge is 0.191 e. The number of hydrogen-bond acceptors (Lipinski definition) is 4. The average Bonchev–Trinajstić information content (AvgIpc) is 2.60. The van der Waals surface area contributed by atoms with E-state index in [1.54, 1.807) is 13.1 Å². The van der Waals surface area contributed by atoms with E-state index in [9.17, 15) is 4.39 Å². The van der Waals surface area contributed by atoms with E-state index in [2.05, 4.69) is 20.5 Å². The summed E-state index contributed by atoms with van der Waals surface area (Å²) in [6, 6.07) is 6.33. The first-order valence-corrected chi connectivity index (χ1v) is 7.66. The minimum Gasteiger partial charge on any atom is -0.379 e. The number of nitriles is 1. The summed E-state index contributed by atoms with van der Waals surface area (Å²) in [7, 11) is 1.67. The van der Waals surface area contributed by atoms with Gasteiger partial charge in [-0.15, -0.1) is 0 Å². The summed E-state index contributed by atoms with van der Waals surface area (Å²) in [5.74, 6) is 0.278. The summed E-state index contributed by atoms with van der Waals surface area (Å²) < 4.78 is 19.0. The van der Waals surface area contributed by atoms with Crippen LogP contribution in [0, 0.1) is 17.1 Å². The Balaban J connectivity index is 1.77. The molecule has 1 aliphatic rings. The van der Waals surface area contributed by atoms with Gasteiger partial charge in [-0.25, -0.2) is 4.39 Å². The van der Waals surface area contributed by atoms with Crippen LogP contribution in [-0.2, 0) is 11.3 Å². The van der Waals surface area contributed by atoms with Crippen LogP contribution < -0.4 is 10.6 Å². The lowest BCUT2D eigenvalue weighted by molar-refractivity contribution is 0.0389. The van der Waals surface area contributed by atoms with Crippen molar-refractivity contribution in [2.75, 3.05) is 46.4 Å². The predicted molar refractivity (Wildman–Crippen MR) is 86.6 cm³/mol. The highest BCUT2D eigenvalue weighted by Gasteiger charge is 2.10. The molecule has 1 saturated heterocycles. The number of guanidine groups is 1. The van der Waals surface area contributed by atoms with Gasteiger partial charge in [-0.2, -0.15) is 5.26 Å². The molecule has 7 heteroatoms. The Hall–Kier alpha value is -2.17. The molecule has 23 heavy (non-hydrogen) atoms. The summed E-state index contributed by atoms with van der Waals surface area (Å²) in [5.41, 5.74) is 0.888. The molecule has 0 saturated carbocycles. The maximum absolute atomic E-state index is 13.7. The van der Waals surface area contributed by atoms with Gasteiger partial charge in [0.05, 0.1) is 24.8 Å². The Bertz CT molecular complexity index is 578. The van der Waals surface area contributed by atoms with Gasteiger partial charge in [0.2, 0.25) is 0 Å². The van der Waals surface area contributed by atoms with Gasteiger partial charge in [0.25, 0.3) is 0 Å². The van der Waals surface area contributed by atoms with Crippen LogP contribution in [0.2, 0.25) is 0 Å². The van der Waals surface area contributed by atoms with E-state index in [4.69, 9.17) is 10.00 Å². The van der Waals surface area contributed by atoms with Crippen molar-refractivity contribution in [3.8, 4) is 6.07 Å². The first kappa shape index (κ1) is 17.2. The maximum Gasteiger partial charge on any atom is 0.191 e. The lowest BCUT2D eigenvalue weighted by Gasteiger charge is -2.26. The summed E-state index contributed by atoms with van der Waals surface area (Å²) in [6.07, 6.45) is 0. The molecule has 0 bridgehead atoms. The van der Waals surface area contributed by atoms with E-state index in [1.807, 2.05) is 6.07 Å². The number of nitrogens with one attached hydrogen (secondary N) is 2. The number of ether oxygens (including phenoxy) is 1. The van der Waals surface area contributed by atoms with Crippen molar-refractivity contribution >= 4 is 5.96 Å². The zero-order valence-electron chi connectivity index (χ0n) is 13.3. The van der Waals surface area contributed by atoms with Gasteiger partial charge in [-0.1, -0.05) is 0 Å². The number of nitrogens with zero attached hydrogens (tertiary/aromatic N) is 3. The third-order valence-corrected chi connectivity index (χ3v) is 3.67. The molecule has 0 amide bonds. The summed E-state index contributed by atoms with van der Waals surface area (Å²) in [4.78, 5) is 6.44. The Labute approximate surface area is 136 Å². The highest BCUT2D eigenvalue weighted by atomic mass is 19.1. The van der Waals surface area contributed by atoms with Crippen molar-refractivity contribution in [2.24, 2.45) is 4.99 Å². The second-order valence-corrected chi connectivity index (χ2v) is 5.22. The van der Waals surface area contributed by atoms with Crippen LogP contribution in [0.4, 0.5) is 4.39 Å². The monoisotopic (exact) mass is 319 g/mol. The molecule has 6 nitrogen and oxygen atoms in total. The van der Waals surface area contributed by atoms with E-state index >= 15 is 0 Å². The predicted octanol–water partition coefficient (Wildman–Crippen LogP) is 0.695. The quantitative estimate of drug-likeness (QED) is 0.617. The second-order valence-electron chi connectivity index (χ2n) is 5.22. The highest BCUT2D eigenvalue weighted by Crippen LogP contribution is 2.09. The van der Waals surface area contributed by atoms with Gasteiger partial charge in [-0.3, -0.25) is 9.89 Å². The fourth-order valence-corrected chi connectivity index (χ4v) is 2.34. The molecule has 2 N–H and O–H groups in total. The van der Waals surface area contributed by atoms with Gasteiger partial charge in [0, 0.05) is 45.3 Å². The molecular weight excluding hydrogens is 297 g/mol.